The van der Waals surface area contributed by atoms with Gasteiger partial charge in [-0.05, 0) is 0 Å². The maximum Gasteiger partial charge on any atom is 3.00 e. The normalized spacial score (nSPS) is 18.0. The molecular weight excluding hydrogens is 719 g/mol. The first kappa shape index (κ1) is 40.9. The van der Waals surface area contributed by atoms with Crippen molar-refractivity contribution in [1.82, 2.24) is 21.7 Å². The van der Waals surface area contributed by atoms with Crippen molar-refractivity contribution in [3.63, 3.8) is 0 Å². The molecule has 1 heterocycles. The molecule has 0 bridgehead atoms. The van der Waals surface area contributed by atoms with E-state index in [1.807, 2.05) is 0 Å². The van der Waals surface area contributed by atoms with Crippen LogP contribution < -0.4 is 58.9 Å². The topological polar surface area (TPSA) is 166 Å². The Morgan fingerprint density at radius 1 is 0.312 bits per heavy atom. The fraction of sp³-hybridized carbons (Fsp3) is 0. The predicted octanol–water partition coefficient (Wildman–Crippen LogP) is -6.91. The molecule has 0 aromatic heterocycles. The summed E-state index contributed by atoms with van der Waals surface area (Å²) in [7, 11) is 0. The van der Waals surface area contributed by atoms with Gasteiger partial charge in [0.2, 0.25) is 0 Å². The Morgan fingerprint density at radius 2 is 0.479 bits per heavy atom. The standard InChI is InChI=1S/C32H24N8O4.3ClH.Cr/c41-29-30(42)39-35-27(23-17-9-3-10-18-23)28(24-19-11-4-12-20-24)36-40-32(44)31(43)38-34-26(22-15-7-2-8-16-22)25(33-37-29)21-13-5-1-6-14-21;;;;/h1-20H,(H,37,41)(H,38,43)(H,39,42)(H,40,44);3*1H;/q;;;;+3/p-3. The summed E-state index contributed by atoms with van der Waals surface area (Å²) in [5.74, 6) is -4.48. The molecule has 4 N–H and O–H groups in total. The van der Waals surface area contributed by atoms with Crippen LogP contribution in [-0.4, -0.2) is 46.5 Å². The van der Waals surface area contributed by atoms with Crippen molar-refractivity contribution in [2.24, 2.45) is 20.4 Å². The molecule has 0 saturated heterocycles. The number of carbonyl (C=O) groups is 4. The second kappa shape index (κ2) is 20.2. The smallest absolute Gasteiger partial charge is 1.00 e. The third-order valence-electron chi connectivity index (χ3n) is 6.13. The van der Waals surface area contributed by atoms with E-state index >= 15 is 0 Å². The minimum atomic E-state index is -1.12. The molecule has 16 heteroatoms. The maximum absolute atomic E-state index is 12.9. The quantitative estimate of drug-likeness (QED) is 0.153. The number of hydrogen-bond donors (Lipinski definition) is 4. The zero-order valence-corrected chi connectivity index (χ0v) is 28.1. The number of carbonyl (C=O) groups excluding carboxylic acids is 4. The molecule has 0 spiro atoms. The summed E-state index contributed by atoms with van der Waals surface area (Å²) in [5.41, 5.74) is 11.4. The molecular formula is C32H24Cl3CrN8O4. The Hall–Kier alpha value is -5.16. The molecule has 0 unspecified atom stereocenters. The summed E-state index contributed by atoms with van der Waals surface area (Å²) in [5, 5.41) is 16.8. The molecule has 243 valence electrons. The second-order valence-corrected chi connectivity index (χ2v) is 9.07. The van der Waals surface area contributed by atoms with Gasteiger partial charge in [0.1, 0.15) is 22.8 Å². The van der Waals surface area contributed by atoms with Crippen LogP contribution in [0.5, 0.6) is 0 Å². The van der Waals surface area contributed by atoms with Gasteiger partial charge in [0.05, 0.1) is 0 Å². The average molecular weight is 743 g/mol. The summed E-state index contributed by atoms with van der Waals surface area (Å²) < 4.78 is 0. The van der Waals surface area contributed by atoms with Crippen LogP contribution in [0.3, 0.4) is 0 Å². The number of amides is 4. The molecule has 0 aliphatic carbocycles. The summed E-state index contributed by atoms with van der Waals surface area (Å²) >= 11 is 0. The van der Waals surface area contributed by atoms with Gasteiger partial charge in [0.25, 0.3) is 0 Å². The van der Waals surface area contributed by atoms with E-state index in [2.05, 4.69) is 42.1 Å². The van der Waals surface area contributed by atoms with Gasteiger partial charge < -0.3 is 37.2 Å². The molecule has 0 saturated carbocycles. The molecule has 5 rings (SSSR count). The summed E-state index contributed by atoms with van der Waals surface area (Å²) in [6.07, 6.45) is 0. The van der Waals surface area contributed by atoms with E-state index in [1.165, 1.54) is 0 Å². The van der Waals surface area contributed by atoms with Crippen molar-refractivity contribution in [3.8, 4) is 0 Å². The Balaban J connectivity index is 0.00000288. The van der Waals surface area contributed by atoms with Crippen LogP contribution in [0.2, 0.25) is 0 Å². The third-order valence-corrected chi connectivity index (χ3v) is 6.13. The monoisotopic (exact) mass is 741 g/mol. The minimum Gasteiger partial charge on any atom is -1.00 e. The first-order valence-electron chi connectivity index (χ1n) is 13.2. The van der Waals surface area contributed by atoms with E-state index in [0.717, 1.165) is 0 Å². The Kier molecular flexibility index (Phi) is 17.2. The Bertz CT molecular complexity index is 1560. The van der Waals surface area contributed by atoms with Crippen LogP contribution in [0.1, 0.15) is 22.3 Å². The SMILES string of the molecule is O=C1N/N=C(c2ccccc2)/C(c2ccccc2)=N/NC(=O)C(=O)N/N=C(c2ccccc2)/C(c2ccccc2)=N/NC1=O.[Cl-].[Cl-].[Cl-].[Cr+3]. The summed E-state index contributed by atoms with van der Waals surface area (Å²) in [4.78, 5) is 51.7. The van der Waals surface area contributed by atoms with Crippen molar-refractivity contribution in [2.75, 3.05) is 0 Å². The molecule has 1 radical (unpaired) electrons. The largest absolute Gasteiger partial charge is 3.00 e. The van der Waals surface area contributed by atoms with Crippen LogP contribution in [0.4, 0.5) is 0 Å². The van der Waals surface area contributed by atoms with Gasteiger partial charge in [-0.25, -0.2) is 21.7 Å². The molecule has 4 amide bonds. The van der Waals surface area contributed by atoms with Crippen molar-refractivity contribution >= 4 is 46.5 Å². The van der Waals surface area contributed by atoms with Gasteiger partial charge in [-0.15, -0.1) is 0 Å². The molecule has 1 aliphatic rings. The van der Waals surface area contributed by atoms with Crippen molar-refractivity contribution in [1.29, 1.82) is 0 Å². The number of nitrogens with one attached hydrogen (secondary N) is 4. The van der Waals surface area contributed by atoms with Crippen LogP contribution in [0.15, 0.2) is 142 Å². The second-order valence-electron chi connectivity index (χ2n) is 9.07. The van der Waals surface area contributed by atoms with E-state index in [1.54, 1.807) is 121 Å². The zero-order chi connectivity index (χ0) is 30.7. The van der Waals surface area contributed by atoms with Crippen molar-refractivity contribution in [3.05, 3.63) is 144 Å². The Labute approximate surface area is 304 Å². The number of hydrogen-bond acceptors (Lipinski definition) is 8. The molecule has 0 atom stereocenters. The maximum atomic E-state index is 12.9. The molecule has 48 heavy (non-hydrogen) atoms. The predicted molar refractivity (Wildman–Crippen MR) is 164 cm³/mol. The van der Waals surface area contributed by atoms with Crippen LogP contribution in [-0.2, 0) is 36.5 Å². The van der Waals surface area contributed by atoms with Gasteiger partial charge in [-0.2, -0.15) is 20.4 Å². The van der Waals surface area contributed by atoms with Gasteiger partial charge in [0, 0.05) is 22.3 Å². The van der Waals surface area contributed by atoms with Crippen LogP contribution >= 0.6 is 0 Å². The van der Waals surface area contributed by atoms with E-state index in [4.69, 9.17) is 0 Å². The molecule has 4 aromatic rings. The zero-order valence-electron chi connectivity index (χ0n) is 24.5. The molecule has 12 nitrogen and oxygen atoms in total. The Morgan fingerprint density at radius 3 is 0.646 bits per heavy atom. The van der Waals surface area contributed by atoms with Gasteiger partial charge in [-0.3, -0.25) is 19.2 Å². The number of halogens is 3. The summed E-state index contributed by atoms with van der Waals surface area (Å²) in [6.45, 7) is 0. The first-order valence-corrected chi connectivity index (χ1v) is 13.2. The number of nitrogens with zero attached hydrogens (tertiary/aromatic N) is 4. The van der Waals surface area contributed by atoms with E-state index < -0.39 is 23.6 Å². The summed E-state index contributed by atoms with van der Waals surface area (Å²) in [6, 6.07) is 34.6. The average Bonchev–Trinajstić information content (AvgIpc) is 3.08. The van der Waals surface area contributed by atoms with Crippen LogP contribution in [0.25, 0.3) is 0 Å². The first-order chi connectivity index (χ1) is 21.5. The molecule has 4 aromatic carbocycles. The van der Waals surface area contributed by atoms with Gasteiger partial charge >= 0.3 is 41.0 Å². The van der Waals surface area contributed by atoms with E-state index in [-0.39, 0.29) is 77.4 Å². The fourth-order valence-electron chi connectivity index (χ4n) is 4.03. The van der Waals surface area contributed by atoms with Gasteiger partial charge in [0.15, 0.2) is 0 Å². The molecule has 1 aliphatic heterocycles. The molecule has 0 fully saturated rings. The van der Waals surface area contributed by atoms with Crippen molar-refractivity contribution in [2.45, 2.75) is 0 Å². The van der Waals surface area contributed by atoms with Crippen LogP contribution in [0, 0.1) is 0 Å². The van der Waals surface area contributed by atoms with E-state index in [0.29, 0.717) is 22.3 Å². The fourth-order valence-corrected chi connectivity index (χ4v) is 4.03. The van der Waals surface area contributed by atoms with E-state index in [9.17, 15) is 19.2 Å². The number of rotatable bonds is 4. The number of hydrazone groups is 4. The van der Waals surface area contributed by atoms with Crippen molar-refractivity contribution < 1.29 is 73.8 Å². The minimum absolute atomic E-state index is 0. The third kappa shape index (κ3) is 10.4. The van der Waals surface area contributed by atoms with Gasteiger partial charge in [-0.1, -0.05) is 121 Å². The number of benzene rings is 4.